The standard InChI is InChI=1S/C16H27N3/c17-10-5-12-19(16-7-2-1-3-8-16)13-9-15-6-4-11-18-14-15/h4,6,11,14,16H,1-3,5,7-10,12-13,17H2. The molecule has 0 aromatic carbocycles. The molecule has 0 unspecified atom stereocenters. The minimum absolute atomic E-state index is 0.789. The Balaban J connectivity index is 1.85. The van der Waals surface area contributed by atoms with Gasteiger partial charge in [0.15, 0.2) is 0 Å². The van der Waals surface area contributed by atoms with E-state index in [1.807, 2.05) is 18.5 Å². The molecule has 1 heterocycles. The average molecular weight is 261 g/mol. The van der Waals surface area contributed by atoms with E-state index < -0.39 is 0 Å². The van der Waals surface area contributed by atoms with Gasteiger partial charge in [-0.25, -0.2) is 0 Å². The third-order valence-electron chi connectivity index (χ3n) is 4.15. The molecular weight excluding hydrogens is 234 g/mol. The fourth-order valence-corrected chi connectivity index (χ4v) is 3.04. The lowest BCUT2D eigenvalue weighted by molar-refractivity contribution is 0.156. The monoisotopic (exact) mass is 261 g/mol. The number of hydrogen-bond acceptors (Lipinski definition) is 3. The SMILES string of the molecule is NCCCN(CCc1cccnc1)C1CCCCC1. The van der Waals surface area contributed by atoms with Gasteiger partial charge in [0.05, 0.1) is 0 Å². The quantitative estimate of drug-likeness (QED) is 0.820. The summed E-state index contributed by atoms with van der Waals surface area (Å²) in [6.07, 6.45) is 13.0. The van der Waals surface area contributed by atoms with Crippen LogP contribution in [0.4, 0.5) is 0 Å². The number of nitrogens with zero attached hydrogens (tertiary/aromatic N) is 2. The Morgan fingerprint density at radius 3 is 2.74 bits per heavy atom. The Hall–Kier alpha value is -0.930. The predicted octanol–water partition coefficient (Wildman–Crippen LogP) is 2.61. The first-order chi connectivity index (χ1) is 9.40. The zero-order chi connectivity index (χ0) is 13.3. The summed E-state index contributed by atoms with van der Waals surface area (Å²) in [5, 5.41) is 0. The summed E-state index contributed by atoms with van der Waals surface area (Å²) in [5.41, 5.74) is 7.02. The largest absolute Gasteiger partial charge is 0.330 e. The molecule has 1 aromatic rings. The van der Waals surface area contributed by atoms with Crippen molar-refractivity contribution in [3.8, 4) is 0 Å². The van der Waals surface area contributed by atoms with Crippen LogP contribution in [0.5, 0.6) is 0 Å². The van der Waals surface area contributed by atoms with Crippen molar-refractivity contribution in [3.05, 3.63) is 30.1 Å². The normalized spacial score (nSPS) is 16.9. The summed E-state index contributed by atoms with van der Waals surface area (Å²) in [6.45, 7) is 3.11. The van der Waals surface area contributed by atoms with Crippen molar-refractivity contribution in [1.82, 2.24) is 9.88 Å². The van der Waals surface area contributed by atoms with Crippen molar-refractivity contribution >= 4 is 0 Å². The highest BCUT2D eigenvalue weighted by molar-refractivity contribution is 5.08. The summed E-state index contributed by atoms with van der Waals surface area (Å²) >= 11 is 0. The number of hydrogen-bond donors (Lipinski definition) is 1. The first kappa shape index (κ1) is 14.5. The molecule has 0 saturated heterocycles. The van der Waals surface area contributed by atoms with Gasteiger partial charge in [0.2, 0.25) is 0 Å². The van der Waals surface area contributed by atoms with Gasteiger partial charge in [0.1, 0.15) is 0 Å². The molecule has 106 valence electrons. The Kier molecular flexibility index (Phi) is 6.31. The molecule has 1 aliphatic carbocycles. The lowest BCUT2D eigenvalue weighted by Gasteiger charge is -2.34. The molecule has 3 heteroatoms. The van der Waals surface area contributed by atoms with Crippen molar-refractivity contribution in [2.45, 2.75) is 51.0 Å². The van der Waals surface area contributed by atoms with Crippen molar-refractivity contribution in [3.63, 3.8) is 0 Å². The molecule has 1 aliphatic rings. The third kappa shape index (κ3) is 4.92. The fourth-order valence-electron chi connectivity index (χ4n) is 3.04. The Labute approximate surface area is 117 Å². The lowest BCUT2D eigenvalue weighted by Crippen LogP contribution is -2.39. The van der Waals surface area contributed by atoms with Gasteiger partial charge in [-0.15, -0.1) is 0 Å². The minimum Gasteiger partial charge on any atom is -0.330 e. The molecule has 1 saturated carbocycles. The first-order valence-electron chi connectivity index (χ1n) is 7.73. The van der Waals surface area contributed by atoms with Crippen LogP contribution in [-0.2, 0) is 6.42 Å². The number of rotatable bonds is 7. The third-order valence-corrected chi connectivity index (χ3v) is 4.15. The van der Waals surface area contributed by atoms with E-state index >= 15 is 0 Å². The smallest absolute Gasteiger partial charge is 0.0300 e. The summed E-state index contributed by atoms with van der Waals surface area (Å²) in [7, 11) is 0. The first-order valence-corrected chi connectivity index (χ1v) is 7.73. The second kappa shape index (κ2) is 8.28. The Bertz CT molecular complexity index is 333. The zero-order valence-electron chi connectivity index (χ0n) is 11.9. The van der Waals surface area contributed by atoms with Gasteiger partial charge < -0.3 is 10.6 Å². The van der Waals surface area contributed by atoms with Gasteiger partial charge in [0, 0.05) is 25.0 Å². The van der Waals surface area contributed by atoms with Crippen molar-refractivity contribution < 1.29 is 0 Å². The summed E-state index contributed by atoms with van der Waals surface area (Å²) < 4.78 is 0. The van der Waals surface area contributed by atoms with E-state index in [1.54, 1.807) is 0 Å². The van der Waals surface area contributed by atoms with Gasteiger partial charge in [0.25, 0.3) is 0 Å². The van der Waals surface area contributed by atoms with Crippen LogP contribution in [0.1, 0.15) is 44.1 Å². The van der Waals surface area contributed by atoms with E-state index in [9.17, 15) is 0 Å². The van der Waals surface area contributed by atoms with Crippen LogP contribution >= 0.6 is 0 Å². The highest BCUT2D eigenvalue weighted by atomic mass is 15.1. The maximum Gasteiger partial charge on any atom is 0.0300 e. The molecule has 2 rings (SSSR count). The van der Waals surface area contributed by atoms with Gasteiger partial charge in [-0.2, -0.15) is 0 Å². The average Bonchev–Trinajstić information content (AvgIpc) is 2.49. The van der Waals surface area contributed by atoms with Crippen LogP contribution in [-0.4, -0.2) is 35.6 Å². The molecule has 0 bridgehead atoms. The van der Waals surface area contributed by atoms with Crippen molar-refractivity contribution in [2.24, 2.45) is 5.73 Å². The summed E-state index contributed by atoms with van der Waals surface area (Å²) in [5.74, 6) is 0. The van der Waals surface area contributed by atoms with Crippen molar-refractivity contribution in [2.75, 3.05) is 19.6 Å². The van der Waals surface area contributed by atoms with Gasteiger partial charge >= 0.3 is 0 Å². The second-order valence-corrected chi connectivity index (χ2v) is 5.58. The molecule has 0 spiro atoms. The van der Waals surface area contributed by atoms with E-state index in [0.29, 0.717) is 0 Å². The molecule has 3 nitrogen and oxygen atoms in total. The number of pyridine rings is 1. The van der Waals surface area contributed by atoms with Gasteiger partial charge in [-0.3, -0.25) is 4.98 Å². The van der Waals surface area contributed by atoms with E-state index in [2.05, 4.69) is 16.0 Å². The van der Waals surface area contributed by atoms with Gasteiger partial charge in [-0.1, -0.05) is 25.3 Å². The van der Waals surface area contributed by atoms with E-state index in [4.69, 9.17) is 5.73 Å². The molecular formula is C16H27N3. The lowest BCUT2D eigenvalue weighted by atomic mass is 9.93. The maximum absolute atomic E-state index is 5.68. The minimum atomic E-state index is 0.789. The van der Waals surface area contributed by atoms with E-state index in [1.165, 1.54) is 37.7 Å². The van der Waals surface area contributed by atoms with Crippen molar-refractivity contribution in [1.29, 1.82) is 0 Å². The van der Waals surface area contributed by atoms with Crippen LogP contribution in [0.2, 0.25) is 0 Å². The van der Waals surface area contributed by atoms with Crippen LogP contribution in [0.25, 0.3) is 0 Å². The molecule has 19 heavy (non-hydrogen) atoms. The Morgan fingerprint density at radius 1 is 1.21 bits per heavy atom. The second-order valence-electron chi connectivity index (χ2n) is 5.58. The van der Waals surface area contributed by atoms with Crippen LogP contribution in [0.15, 0.2) is 24.5 Å². The number of nitrogens with two attached hydrogens (primary N) is 1. The van der Waals surface area contributed by atoms with Crippen LogP contribution in [0.3, 0.4) is 0 Å². The predicted molar refractivity (Wildman–Crippen MR) is 80.1 cm³/mol. The number of aromatic nitrogens is 1. The molecule has 1 aromatic heterocycles. The topological polar surface area (TPSA) is 42.1 Å². The van der Waals surface area contributed by atoms with Crippen LogP contribution < -0.4 is 5.73 Å². The van der Waals surface area contributed by atoms with Crippen LogP contribution in [0, 0.1) is 0 Å². The van der Waals surface area contributed by atoms with Gasteiger partial charge in [-0.05, 0) is 50.4 Å². The highest BCUT2D eigenvalue weighted by Crippen LogP contribution is 2.23. The van der Waals surface area contributed by atoms with E-state index in [-0.39, 0.29) is 0 Å². The fraction of sp³-hybridized carbons (Fsp3) is 0.688. The summed E-state index contributed by atoms with van der Waals surface area (Å²) in [4.78, 5) is 6.86. The van der Waals surface area contributed by atoms with E-state index in [0.717, 1.165) is 38.5 Å². The zero-order valence-corrected chi connectivity index (χ0v) is 11.9. The molecule has 0 radical (unpaired) electrons. The molecule has 1 fully saturated rings. The molecule has 0 amide bonds. The Morgan fingerprint density at radius 2 is 2.05 bits per heavy atom. The summed E-state index contributed by atoms with van der Waals surface area (Å²) in [6, 6.07) is 4.99. The molecule has 0 aliphatic heterocycles. The molecule has 2 N–H and O–H groups in total. The maximum atomic E-state index is 5.68. The highest BCUT2D eigenvalue weighted by Gasteiger charge is 2.20. The molecule has 0 atom stereocenters.